The lowest BCUT2D eigenvalue weighted by atomic mass is 9.73. The molecule has 1 spiro atoms. The SMILES string of the molecule is CCOc1ccc(N2CC=C[C@@]3(CC)O[C@]45C=CCN(C(C)(C)C)C(=O)C4N([C@@H](CO)C(C)C)C(=O)[C@@H]5[C@H]3C2=O)cc1. The molecule has 5 rings (SSSR count). The van der Waals surface area contributed by atoms with Crippen molar-refractivity contribution < 1.29 is 29.0 Å². The summed E-state index contributed by atoms with van der Waals surface area (Å²) in [6.45, 7) is 14.6. The lowest BCUT2D eigenvalue weighted by Gasteiger charge is -2.44. The van der Waals surface area contributed by atoms with Crippen LogP contribution in [0.2, 0.25) is 0 Å². The molecule has 1 aromatic rings. The van der Waals surface area contributed by atoms with E-state index in [9.17, 15) is 19.5 Å². The fourth-order valence-corrected chi connectivity index (χ4v) is 7.40. The van der Waals surface area contributed by atoms with Gasteiger partial charge in [-0.15, -0.1) is 0 Å². The summed E-state index contributed by atoms with van der Waals surface area (Å²) in [7, 11) is 0. The van der Waals surface area contributed by atoms with Crippen LogP contribution < -0.4 is 9.64 Å². The molecule has 228 valence electrons. The smallest absolute Gasteiger partial charge is 0.249 e. The highest BCUT2D eigenvalue weighted by Crippen LogP contribution is 2.59. The van der Waals surface area contributed by atoms with Crippen LogP contribution in [0.4, 0.5) is 5.69 Å². The van der Waals surface area contributed by atoms with Crippen molar-refractivity contribution in [3.63, 3.8) is 0 Å². The first-order chi connectivity index (χ1) is 19.9. The Labute approximate surface area is 249 Å². The summed E-state index contributed by atoms with van der Waals surface area (Å²) >= 11 is 0. The molecule has 9 heteroatoms. The van der Waals surface area contributed by atoms with Gasteiger partial charge < -0.3 is 29.3 Å². The number of hydrogen-bond donors (Lipinski definition) is 1. The van der Waals surface area contributed by atoms with Crippen molar-refractivity contribution in [1.82, 2.24) is 9.80 Å². The number of nitrogens with zero attached hydrogens (tertiary/aromatic N) is 3. The van der Waals surface area contributed by atoms with Gasteiger partial charge in [-0.05, 0) is 64.3 Å². The quantitative estimate of drug-likeness (QED) is 0.496. The molecule has 3 amide bonds. The normalized spacial score (nSPS) is 31.7. The number of anilines is 1. The number of carbonyl (C=O) groups excluding carboxylic acids is 3. The molecule has 1 aromatic carbocycles. The summed E-state index contributed by atoms with van der Waals surface area (Å²) in [6, 6.07) is 5.75. The first-order valence-corrected chi connectivity index (χ1v) is 15.2. The molecule has 0 saturated carbocycles. The van der Waals surface area contributed by atoms with E-state index in [1.54, 1.807) is 14.7 Å². The van der Waals surface area contributed by atoms with Gasteiger partial charge in [-0.1, -0.05) is 45.1 Å². The number of amides is 3. The number of hydrogen-bond acceptors (Lipinski definition) is 6. The van der Waals surface area contributed by atoms with Crippen molar-refractivity contribution in [2.24, 2.45) is 17.8 Å². The molecule has 6 atom stereocenters. The van der Waals surface area contributed by atoms with Crippen LogP contribution in [0.15, 0.2) is 48.6 Å². The van der Waals surface area contributed by atoms with Crippen molar-refractivity contribution in [2.75, 3.05) is 31.2 Å². The van der Waals surface area contributed by atoms with Gasteiger partial charge in [0.2, 0.25) is 17.7 Å². The Kier molecular flexibility index (Phi) is 7.81. The predicted octanol–water partition coefficient (Wildman–Crippen LogP) is 3.56. The Bertz CT molecular complexity index is 1280. The van der Waals surface area contributed by atoms with E-state index in [-0.39, 0.29) is 30.2 Å². The van der Waals surface area contributed by atoms with Crippen LogP contribution in [0.3, 0.4) is 0 Å². The molecule has 0 aromatic heterocycles. The molecule has 1 N–H and O–H groups in total. The lowest BCUT2D eigenvalue weighted by molar-refractivity contribution is -0.159. The summed E-state index contributed by atoms with van der Waals surface area (Å²) in [4.78, 5) is 48.9. The number of rotatable bonds is 7. The van der Waals surface area contributed by atoms with E-state index in [0.29, 0.717) is 37.6 Å². The monoisotopic (exact) mass is 579 g/mol. The maximum absolute atomic E-state index is 14.7. The van der Waals surface area contributed by atoms with Gasteiger partial charge in [0.05, 0.1) is 36.7 Å². The fraction of sp³-hybridized carbons (Fsp3) is 0.606. The highest BCUT2D eigenvalue weighted by Gasteiger charge is 2.76. The average molecular weight is 580 g/mol. The van der Waals surface area contributed by atoms with Gasteiger partial charge in [0, 0.05) is 24.3 Å². The minimum absolute atomic E-state index is 0.126. The summed E-state index contributed by atoms with van der Waals surface area (Å²) in [5, 5.41) is 10.5. The number of benzene rings is 1. The van der Waals surface area contributed by atoms with Crippen LogP contribution in [-0.4, -0.2) is 87.8 Å². The minimum atomic E-state index is -1.36. The average Bonchev–Trinajstić information content (AvgIpc) is 3.21. The van der Waals surface area contributed by atoms with E-state index >= 15 is 0 Å². The molecule has 4 aliphatic heterocycles. The molecule has 2 saturated heterocycles. The minimum Gasteiger partial charge on any atom is -0.494 e. The summed E-state index contributed by atoms with van der Waals surface area (Å²) in [5.41, 5.74) is -2.26. The first kappa shape index (κ1) is 30.3. The largest absolute Gasteiger partial charge is 0.494 e. The number of aliphatic hydroxyl groups is 1. The zero-order valence-electron chi connectivity index (χ0n) is 25.9. The number of likely N-dealkylation sites (tertiary alicyclic amines) is 1. The lowest BCUT2D eigenvalue weighted by Crippen LogP contribution is -2.62. The maximum atomic E-state index is 14.7. The van der Waals surface area contributed by atoms with E-state index in [1.807, 2.05) is 97.0 Å². The standard InChI is InChI=1S/C33H45N3O6/c1-8-32-16-10-18-34(22-12-14-23(15-13-22)41-9-2)28(38)25(32)26-29(39)36(24(20-37)21(3)4)27-30(40)35(31(5,6)7)19-11-17-33(26,27)42-32/h10-17,21,24-27,37H,8-9,18-20H2,1-7H3/t24-,25-,26-,27?,32+,33-/m0/s1. The Morgan fingerprint density at radius 1 is 0.976 bits per heavy atom. The summed E-state index contributed by atoms with van der Waals surface area (Å²) in [5.74, 6) is -1.98. The first-order valence-electron chi connectivity index (χ1n) is 15.2. The van der Waals surface area contributed by atoms with Crippen LogP contribution in [0, 0.1) is 17.8 Å². The summed E-state index contributed by atoms with van der Waals surface area (Å²) < 4.78 is 12.7. The number of fused-ring (bicyclic) bond motifs is 2. The Morgan fingerprint density at radius 2 is 1.64 bits per heavy atom. The zero-order chi connectivity index (χ0) is 30.6. The van der Waals surface area contributed by atoms with Crippen LogP contribution >= 0.6 is 0 Å². The second-order valence-corrected chi connectivity index (χ2v) is 13.2. The van der Waals surface area contributed by atoms with Crippen LogP contribution in [0.25, 0.3) is 0 Å². The molecule has 4 aliphatic rings. The van der Waals surface area contributed by atoms with E-state index in [4.69, 9.17) is 9.47 Å². The second-order valence-electron chi connectivity index (χ2n) is 13.2. The second kappa shape index (κ2) is 10.8. The molecule has 9 nitrogen and oxygen atoms in total. The molecule has 42 heavy (non-hydrogen) atoms. The van der Waals surface area contributed by atoms with E-state index < -0.39 is 40.7 Å². The van der Waals surface area contributed by atoms with Gasteiger partial charge in [-0.2, -0.15) is 0 Å². The zero-order valence-corrected chi connectivity index (χ0v) is 25.9. The van der Waals surface area contributed by atoms with Gasteiger partial charge in [-0.3, -0.25) is 14.4 Å². The van der Waals surface area contributed by atoms with Crippen molar-refractivity contribution in [3.05, 3.63) is 48.6 Å². The molecular formula is C33H45N3O6. The van der Waals surface area contributed by atoms with Crippen molar-refractivity contribution in [3.8, 4) is 5.75 Å². The highest BCUT2D eigenvalue weighted by molar-refractivity contribution is 6.04. The molecule has 4 heterocycles. The molecule has 0 aliphatic carbocycles. The molecule has 1 unspecified atom stereocenters. The van der Waals surface area contributed by atoms with Crippen molar-refractivity contribution in [1.29, 1.82) is 0 Å². The third-order valence-corrected chi connectivity index (χ3v) is 9.46. The van der Waals surface area contributed by atoms with Gasteiger partial charge >= 0.3 is 0 Å². The van der Waals surface area contributed by atoms with Crippen molar-refractivity contribution >= 4 is 23.4 Å². The molecule has 2 fully saturated rings. The van der Waals surface area contributed by atoms with Crippen LogP contribution in [0.5, 0.6) is 5.75 Å². The van der Waals surface area contributed by atoms with Crippen LogP contribution in [-0.2, 0) is 19.1 Å². The van der Waals surface area contributed by atoms with E-state index in [1.165, 1.54) is 0 Å². The van der Waals surface area contributed by atoms with Gasteiger partial charge in [0.15, 0.2) is 0 Å². The fourth-order valence-electron chi connectivity index (χ4n) is 7.40. The van der Waals surface area contributed by atoms with Gasteiger partial charge in [0.25, 0.3) is 0 Å². The Hall–Kier alpha value is -3.17. The highest BCUT2D eigenvalue weighted by atomic mass is 16.5. The molecular weight excluding hydrogens is 534 g/mol. The van der Waals surface area contributed by atoms with Crippen molar-refractivity contribution in [2.45, 2.75) is 83.7 Å². The van der Waals surface area contributed by atoms with E-state index in [2.05, 4.69) is 0 Å². The Morgan fingerprint density at radius 3 is 2.21 bits per heavy atom. The van der Waals surface area contributed by atoms with Crippen LogP contribution in [0.1, 0.15) is 54.9 Å². The predicted molar refractivity (Wildman–Crippen MR) is 160 cm³/mol. The summed E-state index contributed by atoms with van der Waals surface area (Å²) in [6.07, 6.45) is 8.09. The third kappa shape index (κ3) is 4.47. The van der Waals surface area contributed by atoms with Gasteiger partial charge in [0.1, 0.15) is 17.4 Å². The molecule has 0 radical (unpaired) electrons. The van der Waals surface area contributed by atoms with Gasteiger partial charge in [-0.25, -0.2) is 0 Å². The Balaban J connectivity index is 1.67. The molecule has 0 bridgehead atoms. The third-order valence-electron chi connectivity index (χ3n) is 9.46. The topological polar surface area (TPSA) is 99.6 Å². The number of ether oxygens (including phenoxy) is 2. The number of aliphatic hydroxyl groups excluding tert-OH is 1. The maximum Gasteiger partial charge on any atom is 0.249 e. The number of carbonyl (C=O) groups is 3. The van der Waals surface area contributed by atoms with E-state index in [0.717, 1.165) is 0 Å².